The van der Waals surface area contributed by atoms with E-state index in [0.717, 1.165) is 18.7 Å². The monoisotopic (exact) mass is 453 g/mol. The van der Waals surface area contributed by atoms with E-state index in [2.05, 4.69) is 15.5 Å². The summed E-state index contributed by atoms with van der Waals surface area (Å²) in [5.41, 5.74) is 0. The first-order valence-corrected chi connectivity index (χ1v) is 11.8. The van der Waals surface area contributed by atoms with Gasteiger partial charge in [-0.2, -0.15) is 9.40 Å². The van der Waals surface area contributed by atoms with Crippen LogP contribution in [0.2, 0.25) is 0 Å². The fraction of sp³-hybridized carbons (Fsp3) is 0.526. The molecule has 11 heteroatoms. The Kier molecular flexibility index (Phi) is 7.27. The van der Waals surface area contributed by atoms with E-state index < -0.39 is 10.0 Å². The van der Waals surface area contributed by atoms with E-state index >= 15 is 0 Å². The van der Waals surface area contributed by atoms with Gasteiger partial charge in [-0.3, -0.25) is 14.5 Å². The predicted octanol–water partition coefficient (Wildman–Crippen LogP) is 1.87. The molecule has 1 aromatic heterocycles. The summed E-state index contributed by atoms with van der Waals surface area (Å²) < 4.78 is 34.3. The van der Waals surface area contributed by atoms with Gasteiger partial charge in [-0.1, -0.05) is 6.92 Å². The molecule has 0 bridgehead atoms. The predicted molar refractivity (Wildman–Crippen MR) is 114 cm³/mol. The van der Waals surface area contributed by atoms with E-state index in [1.807, 2.05) is 6.92 Å². The Morgan fingerprint density at radius 1 is 1.30 bits per heavy atom. The summed E-state index contributed by atoms with van der Waals surface area (Å²) in [6, 6.07) is 6.28. The first-order chi connectivity index (χ1) is 14.3. The molecule has 9 nitrogen and oxygen atoms in total. The van der Waals surface area contributed by atoms with E-state index in [-0.39, 0.29) is 23.4 Å². The number of aromatic amines is 1. The number of aryl methyl sites for hydroxylation is 1. The standard InChI is InChI=1S/C19H27N5O4S2/c1-3-4-17-21-22-19(29)24(17)13-18(25)20-14-9-11-23(12-10-14)30(26,27)16-7-5-15(28-2)6-8-16/h5-8,14H,3-4,9-13H2,1-2H3,(H,20,25)(H,22,29). The van der Waals surface area contributed by atoms with Gasteiger partial charge in [0.15, 0.2) is 4.77 Å². The minimum atomic E-state index is -3.56. The van der Waals surface area contributed by atoms with Crippen LogP contribution in [0, 0.1) is 4.77 Å². The van der Waals surface area contributed by atoms with Crippen molar-refractivity contribution in [1.29, 1.82) is 0 Å². The van der Waals surface area contributed by atoms with Gasteiger partial charge in [0.1, 0.15) is 18.1 Å². The van der Waals surface area contributed by atoms with Gasteiger partial charge in [0, 0.05) is 25.6 Å². The molecule has 1 aliphatic heterocycles. The number of nitrogens with one attached hydrogen (secondary N) is 2. The van der Waals surface area contributed by atoms with Crippen molar-refractivity contribution in [2.24, 2.45) is 0 Å². The number of piperidine rings is 1. The second kappa shape index (κ2) is 9.71. The van der Waals surface area contributed by atoms with Crippen LogP contribution in [0.1, 0.15) is 32.0 Å². The number of H-pyrrole nitrogens is 1. The van der Waals surface area contributed by atoms with Crippen molar-refractivity contribution in [1.82, 2.24) is 24.4 Å². The second-order valence-corrected chi connectivity index (χ2v) is 9.53. The Morgan fingerprint density at radius 3 is 2.57 bits per heavy atom. The number of amides is 1. The average molecular weight is 454 g/mol. The highest BCUT2D eigenvalue weighted by Crippen LogP contribution is 2.22. The summed E-state index contributed by atoms with van der Waals surface area (Å²) in [7, 11) is -2.03. The second-order valence-electron chi connectivity index (χ2n) is 7.20. The average Bonchev–Trinajstić information content (AvgIpc) is 3.08. The minimum Gasteiger partial charge on any atom is -0.497 e. The van der Waals surface area contributed by atoms with Crippen molar-refractivity contribution in [2.75, 3.05) is 20.2 Å². The first kappa shape index (κ1) is 22.4. The molecule has 0 saturated carbocycles. The minimum absolute atomic E-state index is 0.0736. The Balaban J connectivity index is 1.56. The molecule has 0 radical (unpaired) electrons. The molecule has 1 aromatic carbocycles. The molecule has 2 N–H and O–H groups in total. The van der Waals surface area contributed by atoms with Gasteiger partial charge in [-0.25, -0.2) is 8.42 Å². The molecule has 1 amide bonds. The lowest BCUT2D eigenvalue weighted by atomic mass is 10.1. The van der Waals surface area contributed by atoms with Crippen LogP contribution in [0.5, 0.6) is 5.75 Å². The van der Waals surface area contributed by atoms with E-state index in [0.29, 0.717) is 36.5 Å². The summed E-state index contributed by atoms with van der Waals surface area (Å²) in [4.78, 5) is 12.7. The van der Waals surface area contributed by atoms with Crippen molar-refractivity contribution in [3.63, 3.8) is 0 Å². The third-order valence-electron chi connectivity index (χ3n) is 5.13. The Morgan fingerprint density at radius 2 is 1.97 bits per heavy atom. The topological polar surface area (TPSA) is 109 Å². The normalized spacial score (nSPS) is 15.8. The Labute approximate surface area is 181 Å². The van der Waals surface area contributed by atoms with Crippen LogP contribution in [0.3, 0.4) is 0 Å². The SMILES string of the molecule is CCCc1n[nH]c(=S)n1CC(=O)NC1CCN(S(=O)(=O)c2ccc(OC)cc2)CC1. The molecule has 30 heavy (non-hydrogen) atoms. The third-order valence-corrected chi connectivity index (χ3v) is 7.35. The molecule has 0 aliphatic carbocycles. The van der Waals surface area contributed by atoms with Crippen LogP contribution < -0.4 is 10.1 Å². The first-order valence-electron chi connectivity index (χ1n) is 9.92. The van der Waals surface area contributed by atoms with E-state index in [9.17, 15) is 13.2 Å². The lowest BCUT2D eigenvalue weighted by Crippen LogP contribution is -2.47. The summed E-state index contributed by atoms with van der Waals surface area (Å²) in [6.07, 6.45) is 2.75. The number of carbonyl (C=O) groups is 1. The van der Waals surface area contributed by atoms with Gasteiger partial charge in [-0.05, 0) is 55.7 Å². The number of nitrogens with zero attached hydrogens (tertiary/aromatic N) is 3. The van der Waals surface area contributed by atoms with Crippen LogP contribution in [0.4, 0.5) is 0 Å². The number of sulfonamides is 1. The maximum absolute atomic E-state index is 12.8. The van der Waals surface area contributed by atoms with Gasteiger partial charge in [0.25, 0.3) is 0 Å². The molecule has 164 valence electrons. The zero-order valence-electron chi connectivity index (χ0n) is 17.1. The molecular formula is C19H27N5O4S2. The quantitative estimate of drug-likeness (QED) is 0.591. The lowest BCUT2D eigenvalue weighted by Gasteiger charge is -2.31. The van der Waals surface area contributed by atoms with Gasteiger partial charge < -0.3 is 10.1 Å². The van der Waals surface area contributed by atoms with Crippen LogP contribution in [0.25, 0.3) is 0 Å². The number of ether oxygens (including phenoxy) is 1. The molecule has 1 fully saturated rings. The highest BCUT2D eigenvalue weighted by atomic mass is 32.2. The van der Waals surface area contributed by atoms with Crippen LogP contribution >= 0.6 is 12.2 Å². The zero-order chi connectivity index (χ0) is 21.7. The van der Waals surface area contributed by atoms with Crippen LogP contribution in [0.15, 0.2) is 29.2 Å². The Hall–Kier alpha value is -2.24. The van der Waals surface area contributed by atoms with Crippen molar-refractivity contribution in [2.45, 2.75) is 50.1 Å². The number of carbonyl (C=O) groups excluding carboxylic acids is 1. The Bertz CT molecular complexity index is 1020. The van der Waals surface area contributed by atoms with Crippen LogP contribution in [-0.2, 0) is 27.8 Å². The number of methoxy groups -OCH3 is 1. The van der Waals surface area contributed by atoms with Crippen molar-refractivity contribution < 1.29 is 17.9 Å². The molecule has 3 rings (SSSR count). The van der Waals surface area contributed by atoms with Gasteiger partial charge in [-0.15, -0.1) is 0 Å². The molecule has 2 aromatic rings. The highest BCUT2D eigenvalue weighted by Gasteiger charge is 2.30. The van der Waals surface area contributed by atoms with Crippen LogP contribution in [-0.4, -0.2) is 59.6 Å². The molecule has 0 unspecified atom stereocenters. The smallest absolute Gasteiger partial charge is 0.243 e. The fourth-order valence-corrected chi connectivity index (χ4v) is 5.17. The van der Waals surface area contributed by atoms with Crippen molar-refractivity contribution in [3.8, 4) is 5.75 Å². The maximum Gasteiger partial charge on any atom is 0.243 e. The number of hydrogen-bond donors (Lipinski definition) is 2. The molecule has 2 heterocycles. The van der Waals surface area contributed by atoms with E-state index in [1.54, 1.807) is 28.8 Å². The largest absolute Gasteiger partial charge is 0.497 e. The lowest BCUT2D eigenvalue weighted by molar-refractivity contribution is -0.122. The summed E-state index contributed by atoms with van der Waals surface area (Å²) in [5, 5.41) is 9.89. The molecule has 0 spiro atoms. The summed E-state index contributed by atoms with van der Waals surface area (Å²) >= 11 is 5.21. The van der Waals surface area contributed by atoms with E-state index in [4.69, 9.17) is 17.0 Å². The maximum atomic E-state index is 12.8. The molecule has 0 atom stereocenters. The number of benzene rings is 1. The molecule has 1 aliphatic rings. The van der Waals surface area contributed by atoms with Crippen molar-refractivity contribution >= 4 is 28.1 Å². The summed E-state index contributed by atoms with van der Waals surface area (Å²) in [6.45, 7) is 2.85. The van der Waals surface area contributed by atoms with Gasteiger partial charge in [0.05, 0.1) is 12.0 Å². The number of rotatable bonds is 8. The summed E-state index contributed by atoms with van der Waals surface area (Å²) in [5.74, 6) is 1.22. The molecule has 1 saturated heterocycles. The number of aromatic nitrogens is 3. The number of hydrogen-bond acceptors (Lipinski definition) is 6. The van der Waals surface area contributed by atoms with E-state index in [1.165, 1.54) is 11.4 Å². The van der Waals surface area contributed by atoms with Gasteiger partial charge in [0.2, 0.25) is 15.9 Å². The van der Waals surface area contributed by atoms with Gasteiger partial charge >= 0.3 is 0 Å². The zero-order valence-corrected chi connectivity index (χ0v) is 18.8. The molecular weight excluding hydrogens is 426 g/mol. The third kappa shape index (κ3) is 5.08. The van der Waals surface area contributed by atoms with Crippen molar-refractivity contribution in [3.05, 3.63) is 34.9 Å². The highest BCUT2D eigenvalue weighted by molar-refractivity contribution is 7.89. The fourth-order valence-electron chi connectivity index (χ4n) is 3.48.